The van der Waals surface area contributed by atoms with Crippen molar-refractivity contribution in [3.05, 3.63) is 23.7 Å². The molecule has 1 aromatic heterocycles. The summed E-state index contributed by atoms with van der Waals surface area (Å²) >= 11 is 0. The topological polar surface area (TPSA) is 96.9 Å². The molecule has 2 aliphatic heterocycles. The zero-order chi connectivity index (χ0) is 23.5. The minimum atomic E-state index is -4.59. The van der Waals surface area contributed by atoms with E-state index in [4.69, 9.17) is 10.5 Å². The maximum atomic E-state index is 13.3. The van der Waals surface area contributed by atoms with Gasteiger partial charge in [0, 0.05) is 44.2 Å². The highest BCUT2D eigenvalue weighted by Gasteiger charge is 2.35. The third-order valence-electron chi connectivity index (χ3n) is 5.16. The van der Waals surface area contributed by atoms with Crippen molar-refractivity contribution >= 4 is 23.8 Å². The van der Waals surface area contributed by atoms with E-state index in [-0.39, 0.29) is 29.4 Å². The first-order valence-corrected chi connectivity index (χ1v) is 10.6. The molecule has 0 spiro atoms. The molecule has 2 saturated heterocycles. The minimum absolute atomic E-state index is 0.0412. The first-order valence-electron chi connectivity index (χ1n) is 10.6. The number of aliphatic imine (C=N–C) groups is 1. The summed E-state index contributed by atoms with van der Waals surface area (Å²) in [6.45, 7) is 7.65. The SMILES string of the molecule is CC(C)(C)OC(=O)N1CCC(N=C/C(=C\N)c2cc(C(F)(F)F)nc(N3CCC3)n2)CC1. The van der Waals surface area contributed by atoms with Crippen molar-refractivity contribution in [1.29, 1.82) is 0 Å². The van der Waals surface area contributed by atoms with E-state index in [1.54, 1.807) is 9.80 Å². The Kier molecular flexibility index (Phi) is 6.94. The largest absolute Gasteiger partial charge is 0.444 e. The van der Waals surface area contributed by atoms with E-state index in [2.05, 4.69) is 15.0 Å². The molecule has 2 aliphatic rings. The van der Waals surface area contributed by atoms with Gasteiger partial charge in [-0.05, 0) is 46.1 Å². The molecule has 32 heavy (non-hydrogen) atoms. The maximum absolute atomic E-state index is 13.3. The fourth-order valence-corrected chi connectivity index (χ4v) is 3.29. The highest BCUT2D eigenvalue weighted by atomic mass is 19.4. The molecule has 176 valence electrons. The molecule has 0 unspecified atom stereocenters. The molecule has 11 heteroatoms. The summed E-state index contributed by atoms with van der Waals surface area (Å²) in [5.74, 6) is 0.0412. The Bertz CT molecular complexity index is 883. The number of halogens is 3. The van der Waals surface area contributed by atoms with Gasteiger partial charge in [0.1, 0.15) is 5.60 Å². The average Bonchev–Trinajstić information content (AvgIpc) is 2.65. The van der Waals surface area contributed by atoms with Crippen LogP contribution in [-0.2, 0) is 10.9 Å². The summed E-state index contributed by atoms with van der Waals surface area (Å²) in [4.78, 5) is 27.9. The fraction of sp³-hybridized carbons (Fsp3) is 0.619. The van der Waals surface area contributed by atoms with Crippen LogP contribution in [0, 0.1) is 0 Å². The highest BCUT2D eigenvalue weighted by molar-refractivity contribution is 6.09. The predicted molar refractivity (Wildman–Crippen MR) is 115 cm³/mol. The molecule has 2 fully saturated rings. The van der Waals surface area contributed by atoms with E-state index >= 15 is 0 Å². The molecule has 0 aliphatic carbocycles. The quantitative estimate of drug-likeness (QED) is 0.700. The van der Waals surface area contributed by atoms with E-state index in [0.717, 1.165) is 12.5 Å². The second-order valence-corrected chi connectivity index (χ2v) is 8.88. The van der Waals surface area contributed by atoms with Crippen LogP contribution < -0.4 is 10.6 Å². The van der Waals surface area contributed by atoms with Crippen LogP contribution in [0.4, 0.5) is 23.9 Å². The molecule has 0 saturated carbocycles. The van der Waals surface area contributed by atoms with Gasteiger partial charge in [-0.3, -0.25) is 4.99 Å². The normalized spacial score (nSPS) is 18.8. The molecule has 0 bridgehead atoms. The predicted octanol–water partition coefficient (Wildman–Crippen LogP) is 3.48. The van der Waals surface area contributed by atoms with Crippen molar-refractivity contribution in [2.24, 2.45) is 10.7 Å². The van der Waals surface area contributed by atoms with Crippen LogP contribution in [0.1, 0.15) is 51.4 Å². The summed E-state index contributed by atoms with van der Waals surface area (Å²) in [7, 11) is 0. The number of hydrogen-bond donors (Lipinski definition) is 1. The lowest BCUT2D eigenvalue weighted by atomic mass is 10.1. The van der Waals surface area contributed by atoms with Gasteiger partial charge in [-0.25, -0.2) is 14.8 Å². The lowest BCUT2D eigenvalue weighted by molar-refractivity contribution is -0.141. The number of nitrogens with zero attached hydrogens (tertiary/aromatic N) is 5. The Hall–Kier alpha value is -2.85. The number of hydrogen-bond acceptors (Lipinski definition) is 7. The van der Waals surface area contributed by atoms with Crippen LogP contribution in [0.5, 0.6) is 0 Å². The van der Waals surface area contributed by atoms with E-state index in [1.807, 2.05) is 20.8 Å². The van der Waals surface area contributed by atoms with E-state index < -0.39 is 17.5 Å². The number of alkyl halides is 3. The first-order chi connectivity index (χ1) is 15.0. The van der Waals surface area contributed by atoms with Crippen LogP contribution in [0.15, 0.2) is 17.3 Å². The van der Waals surface area contributed by atoms with Gasteiger partial charge in [0.25, 0.3) is 0 Å². The lowest BCUT2D eigenvalue weighted by Gasteiger charge is -2.32. The summed E-state index contributed by atoms with van der Waals surface area (Å²) in [6, 6.07) is 0.807. The third-order valence-corrected chi connectivity index (χ3v) is 5.16. The third kappa shape index (κ3) is 6.10. The van der Waals surface area contributed by atoms with Crippen molar-refractivity contribution in [1.82, 2.24) is 14.9 Å². The van der Waals surface area contributed by atoms with Gasteiger partial charge in [0.2, 0.25) is 5.95 Å². The fourth-order valence-electron chi connectivity index (χ4n) is 3.29. The summed E-state index contributed by atoms with van der Waals surface area (Å²) in [6.07, 6.45) is -0.186. The molecule has 3 heterocycles. The van der Waals surface area contributed by atoms with Crippen LogP contribution >= 0.6 is 0 Å². The molecule has 8 nitrogen and oxygen atoms in total. The first kappa shape index (κ1) is 23.8. The Morgan fingerprint density at radius 2 is 1.84 bits per heavy atom. The summed E-state index contributed by atoms with van der Waals surface area (Å²) in [5.41, 5.74) is 4.48. The monoisotopic (exact) mass is 454 g/mol. The zero-order valence-corrected chi connectivity index (χ0v) is 18.5. The number of nitrogens with two attached hydrogens (primary N) is 1. The molecule has 0 radical (unpaired) electrons. The standard InChI is InChI=1S/C21H29F3N6O2/c1-20(2,3)32-19(31)30-9-5-15(6-10-30)26-13-14(12-25)16-11-17(21(22,23)24)28-18(27-16)29-7-4-8-29/h11-13,15H,4-10,25H2,1-3H3/b14-12+,26-13?. The molecule has 0 atom stereocenters. The lowest BCUT2D eigenvalue weighted by Crippen LogP contribution is -2.42. The van der Waals surface area contributed by atoms with Crippen LogP contribution in [0.25, 0.3) is 5.57 Å². The number of aromatic nitrogens is 2. The minimum Gasteiger partial charge on any atom is -0.444 e. The Morgan fingerprint density at radius 3 is 2.34 bits per heavy atom. The molecule has 0 aromatic carbocycles. The number of likely N-dealkylation sites (tertiary alicyclic amines) is 1. The van der Waals surface area contributed by atoms with Crippen molar-refractivity contribution in [3.8, 4) is 0 Å². The van der Waals surface area contributed by atoms with E-state index in [0.29, 0.717) is 39.0 Å². The van der Waals surface area contributed by atoms with Crippen LogP contribution in [0.2, 0.25) is 0 Å². The molecular weight excluding hydrogens is 425 g/mol. The molecule has 1 aromatic rings. The zero-order valence-electron chi connectivity index (χ0n) is 18.5. The van der Waals surface area contributed by atoms with E-state index in [1.165, 1.54) is 12.4 Å². The van der Waals surface area contributed by atoms with Gasteiger partial charge in [-0.2, -0.15) is 13.2 Å². The summed E-state index contributed by atoms with van der Waals surface area (Å²) in [5, 5.41) is 0. The average molecular weight is 454 g/mol. The van der Waals surface area contributed by atoms with Crippen LogP contribution in [0.3, 0.4) is 0 Å². The Morgan fingerprint density at radius 1 is 1.19 bits per heavy atom. The number of anilines is 1. The second kappa shape index (κ2) is 9.33. The van der Waals surface area contributed by atoms with E-state index in [9.17, 15) is 18.0 Å². The van der Waals surface area contributed by atoms with Gasteiger partial charge in [0.05, 0.1) is 11.7 Å². The molecular formula is C21H29F3N6O2. The molecule has 2 N–H and O–H groups in total. The number of rotatable bonds is 4. The molecule has 1 amide bonds. The van der Waals surface area contributed by atoms with Gasteiger partial charge in [-0.1, -0.05) is 0 Å². The Balaban J connectivity index is 1.69. The van der Waals surface area contributed by atoms with Gasteiger partial charge in [-0.15, -0.1) is 0 Å². The van der Waals surface area contributed by atoms with Gasteiger partial charge >= 0.3 is 12.3 Å². The van der Waals surface area contributed by atoms with Crippen LogP contribution in [-0.4, -0.2) is 65.0 Å². The van der Waals surface area contributed by atoms with Gasteiger partial charge < -0.3 is 20.3 Å². The molecule has 3 rings (SSSR count). The van der Waals surface area contributed by atoms with Crippen molar-refractivity contribution in [3.63, 3.8) is 0 Å². The Labute approximate surface area is 185 Å². The second-order valence-electron chi connectivity index (χ2n) is 8.88. The number of amides is 1. The van der Waals surface area contributed by atoms with Gasteiger partial charge in [0.15, 0.2) is 5.69 Å². The van der Waals surface area contributed by atoms with Crippen molar-refractivity contribution in [2.45, 2.75) is 57.9 Å². The number of carbonyl (C=O) groups is 1. The number of allylic oxidation sites excluding steroid dienone is 1. The number of piperidine rings is 1. The number of carbonyl (C=O) groups excluding carboxylic acids is 1. The number of ether oxygens (including phenoxy) is 1. The summed E-state index contributed by atoms with van der Waals surface area (Å²) < 4.78 is 45.4. The van der Waals surface area contributed by atoms with Crippen molar-refractivity contribution in [2.75, 3.05) is 31.1 Å². The highest BCUT2D eigenvalue weighted by Crippen LogP contribution is 2.31. The smallest absolute Gasteiger partial charge is 0.433 e. The van der Waals surface area contributed by atoms with Crippen molar-refractivity contribution < 1.29 is 22.7 Å². The maximum Gasteiger partial charge on any atom is 0.433 e.